The lowest BCUT2D eigenvalue weighted by molar-refractivity contribution is -0.119. The molecule has 3 heterocycles. The van der Waals surface area contributed by atoms with Crippen molar-refractivity contribution < 1.29 is 4.79 Å². The number of rotatable bonds is 5. The summed E-state index contributed by atoms with van der Waals surface area (Å²) in [5.74, 6) is 0.525. The monoisotopic (exact) mass is 321 g/mol. The fourth-order valence-corrected chi connectivity index (χ4v) is 3.11. The number of nitrogens with two attached hydrogens (primary N) is 2. The molecule has 1 aromatic rings. The first-order valence-electron chi connectivity index (χ1n) is 7.88. The van der Waals surface area contributed by atoms with Crippen molar-refractivity contribution in [3.05, 3.63) is 0 Å². The van der Waals surface area contributed by atoms with Crippen LogP contribution in [0.4, 0.5) is 17.8 Å². The normalized spacial score (nSPS) is 22.1. The molecule has 2 aliphatic rings. The van der Waals surface area contributed by atoms with Crippen LogP contribution in [0.15, 0.2) is 0 Å². The maximum absolute atomic E-state index is 11.5. The van der Waals surface area contributed by atoms with Gasteiger partial charge in [-0.2, -0.15) is 15.0 Å². The second kappa shape index (κ2) is 7.02. The van der Waals surface area contributed by atoms with E-state index in [0.29, 0.717) is 5.95 Å². The van der Waals surface area contributed by atoms with E-state index in [1.54, 1.807) is 0 Å². The summed E-state index contributed by atoms with van der Waals surface area (Å²) in [5.41, 5.74) is 14.2. The zero-order valence-corrected chi connectivity index (χ0v) is 13.1. The van der Waals surface area contributed by atoms with Crippen molar-refractivity contribution in [1.29, 1.82) is 0 Å². The Morgan fingerprint density at radius 2 is 1.48 bits per heavy atom. The van der Waals surface area contributed by atoms with Gasteiger partial charge in [0.1, 0.15) is 6.17 Å². The minimum absolute atomic E-state index is 0.0914. The van der Waals surface area contributed by atoms with Crippen LogP contribution in [0, 0.1) is 0 Å². The number of carbonyl (C=O) groups is 1. The summed E-state index contributed by atoms with van der Waals surface area (Å²) in [6, 6.07) is 0. The number of carbonyl (C=O) groups excluding carboxylic acids is 1. The van der Waals surface area contributed by atoms with E-state index >= 15 is 0 Å². The Kier molecular flexibility index (Phi) is 4.84. The van der Waals surface area contributed by atoms with Gasteiger partial charge < -0.3 is 16.3 Å². The van der Waals surface area contributed by atoms with Gasteiger partial charge in [-0.3, -0.25) is 15.2 Å². The highest BCUT2D eigenvalue weighted by molar-refractivity contribution is 5.57. The van der Waals surface area contributed by atoms with Gasteiger partial charge in [-0.25, -0.2) is 5.01 Å². The highest BCUT2D eigenvalue weighted by Crippen LogP contribution is 2.16. The average molecular weight is 321 g/mol. The molecule has 0 saturated carbocycles. The predicted octanol–water partition coefficient (Wildman–Crippen LogP) is -1.40. The molecule has 10 nitrogen and oxygen atoms in total. The van der Waals surface area contributed by atoms with Gasteiger partial charge >= 0.3 is 0 Å². The molecule has 0 aliphatic carbocycles. The number of anilines is 3. The quantitative estimate of drug-likeness (QED) is 0.557. The zero-order chi connectivity index (χ0) is 16.2. The summed E-state index contributed by atoms with van der Waals surface area (Å²) >= 11 is 0. The van der Waals surface area contributed by atoms with E-state index in [9.17, 15) is 4.79 Å². The van der Waals surface area contributed by atoms with E-state index in [1.165, 1.54) is 12.8 Å². The van der Waals surface area contributed by atoms with Crippen molar-refractivity contribution in [3.63, 3.8) is 0 Å². The van der Waals surface area contributed by atoms with Crippen molar-refractivity contribution in [3.8, 4) is 0 Å². The third kappa shape index (κ3) is 3.84. The van der Waals surface area contributed by atoms with Gasteiger partial charge in [-0.15, -0.1) is 0 Å². The second-order valence-corrected chi connectivity index (χ2v) is 5.80. The van der Waals surface area contributed by atoms with E-state index in [-0.39, 0.29) is 18.1 Å². The van der Waals surface area contributed by atoms with E-state index in [2.05, 4.69) is 30.2 Å². The number of hydrogen-bond donors (Lipinski definition) is 3. The fraction of sp³-hybridized carbons (Fsp3) is 0.692. The summed E-state index contributed by atoms with van der Waals surface area (Å²) in [7, 11) is 0. The number of piperazine rings is 1. The molecule has 0 amide bonds. The Balaban J connectivity index is 1.54. The third-order valence-electron chi connectivity index (χ3n) is 4.25. The Labute approximate surface area is 134 Å². The number of hydrazine groups is 1. The van der Waals surface area contributed by atoms with Crippen molar-refractivity contribution >= 4 is 24.1 Å². The summed E-state index contributed by atoms with van der Waals surface area (Å²) in [6.07, 6.45) is 3.30. The van der Waals surface area contributed by atoms with Crippen molar-refractivity contribution in [2.45, 2.75) is 19.0 Å². The average Bonchev–Trinajstić information content (AvgIpc) is 3.03. The molecule has 0 aromatic carbocycles. The molecule has 1 unspecified atom stereocenters. The van der Waals surface area contributed by atoms with Crippen LogP contribution < -0.4 is 16.9 Å². The third-order valence-corrected chi connectivity index (χ3v) is 4.25. The molecule has 1 aromatic heterocycles. The molecule has 1 atom stereocenters. The van der Waals surface area contributed by atoms with Crippen molar-refractivity contribution in [2.75, 3.05) is 56.2 Å². The van der Waals surface area contributed by atoms with Gasteiger partial charge in [0.05, 0.1) is 0 Å². The number of nitrogen functional groups attached to an aromatic ring is 2. The fourth-order valence-electron chi connectivity index (χ4n) is 3.11. The lowest BCUT2D eigenvalue weighted by Gasteiger charge is -2.40. The number of nitrogens with zero attached hydrogens (tertiary/aromatic N) is 6. The Hall–Kier alpha value is -2.04. The Morgan fingerprint density at radius 3 is 2.04 bits per heavy atom. The van der Waals surface area contributed by atoms with Gasteiger partial charge in [0.15, 0.2) is 6.29 Å². The maximum atomic E-state index is 11.5. The van der Waals surface area contributed by atoms with Crippen LogP contribution >= 0.6 is 0 Å². The summed E-state index contributed by atoms with van der Waals surface area (Å²) in [6.45, 7) is 5.11. The largest absolute Gasteiger partial charge is 0.368 e. The van der Waals surface area contributed by atoms with E-state index < -0.39 is 0 Å². The van der Waals surface area contributed by atoms with Gasteiger partial charge in [0.2, 0.25) is 17.8 Å². The van der Waals surface area contributed by atoms with Crippen LogP contribution in [0.1, 0.15) is 12.8 Å². The van der Waals surface area contributed by atoms with Crippen LogP contribution in [-0.2, 0) is 4.79 Å². The molecule has 2 aliphatic heterocycles. The van der Waals surface area contributed by atoms with Gasteiger partial charge in [-0.05, 0) is 12.8 Å². The van der Waals surface area contributed by atoms with E-state index in [1.807, 2.05) is 5.01 Å². The summed E-state index contributed by atoms with van der Waals surface area (Å²) in [5, 5.41) is 2.00. The first-order chi connectivity index (χ1) is 11.2. The minimum atomic E-state index is -0.108. The summed E-state index contributed by atoms with van der Waals surface area (Å²) in [4.78, 5) is 27.7. The molecule has 2 fully saturated rings. The highest BCUT2D eigenvalue weighted by Gasteiger charge is 2.29. The van der Waals surface area contributed by atoms with Crippen LogP contribution in [-0.4, -0.2) is 81.5 Å². The molecular formula is C13H23N9O. The molecule has 5 N–H and O–H groups in total. The molecular weight excluding hydrogens is 298 g/mol. The molecule has 3 rings (SSSR count). The van der Waals surface area contributed by atoms with Crippen LogP contribution in [0.25, 0.3) is 0 Å². The van der Waals surface area contributed by atoms with E-state index in [4.69, 9.17) is 11.5 Å². The maximum Gasteiger partial charge on any atom is 0.244 e. The number of likely N-dealkylation sites (tertiary alicyclic amines) is 1. The smallest absolute Gasteiger partial charge is 0.244 e. The number of hydrogen-bond acceptors (Lipinski definition) is 10. The van der Waals surface area contributed by atoms with Crippen LogP contribution in [0.5, 0.6) is 0 Å². The van der Waals surface area contributed by atoms with Crippen molar-refractivity contribution in [2.24, 2.45) is 0 Å². The molecule has 126 valence electrons. The molecule has 0 radical (unpaired) electrons. The first-order valence-corrected chi connectivity index (χ1v) is 7.88. The molecule has 0 spiro atoms. The van der Waals surface area contributed by atoms with Crippen LogP contribution in [0.2, 0.25) is 0 Å². The van der Waals surface area contributed by atoms with Gasteiger partial charge in [0, 0.05) is 39.3 Å². The van der Waals surface area contributed by atoms with Gasteiger partial charge in [-0.1, -0.05) is 0 Å². The number of aromatic nitrogens is 3. The Morgan fingerprint density at radius 1 is 0.913 bits per heavy atom. The molecule has 10 heteroatoms. The number of nitrogens with one attached hydrogen (secondary N) is 1. The van der Waals surface area contributed by atoms with Gasteiger partial charge in [0.25, 0.3) is 0 Å². The van der Waals surface area contributed by atoms with E-state index in [0.717, 1.165) is 45.6 Å². The Bertz CT molecular complexity index is 520. The molecule has 2 saturated heterocycles. The zero-order valence-electron chi connectivity index (χ0n) is 13.1. The van der Waals surface area contributed by atoms with Crippen molar-refractivity contribution in [1.82, 2.24) is 29.8 Å². The SMILES string of the molecule is Nc1nc(N)nc(NN2CCN(C(C=O)N3CCCC3)CC2)n1. The lowest BCUT2D eigenvalue weighted by atomic mass is 10.3. The second-order valence-electron chi connectivity index (χ2n) is 5.80. The minimum Gasteiger partial charge on any atom is -0.368 e. The molecule has 0 bridgehead atoms. The first kappa shape index (κ1) is 15.8. The lowest BCUT2D eigenvalue weighted by Crippen LogP contribution is -2.57. The predicted molar refractivity (Wildman–Crippen MR) is 86.1 cm³/mol. The topological polar surface area (TPSA) is 130 Å². The number of aldehydes is 1. The molecule has 23 heavy (non-hydrogen) atoms. The standard InChI is InChI=1S/C13H23N9O/c14-11-16-12(15)18-13(17-11)19-22-7-5-21(6-8-22)10(9-23)20-3-1-2-4-20/h9-10H,1-8H2,(H5,14,15,16,17,18,19). The van der Waals surface area contributed by atoms with Crippen LogP contribution in [0.3, 0.4) is 0 Å². The summed E-state index contributed by atoms with van der Waals surface area (Å²) < 4.78 is 0. The highest BCUT2D eigenvalue weighted by atomic mass is 16.1.